The molecule has 0 unspecified atom stereocenters. The Morgan fingerprint density at radius 1 is 1.44 bits per heavy atom. The number of nitrogens with one attached hydrogen (secondary N) is 1. The molecule has 0 heterocycles. The number of thioether (sulfide) groups is 1. The first-order chi connectivity index (χ1) is 7.77. The van der Waals surface area contributed by atoms with E-state index in [-0.39, 0.29) is 0 Å². The minimum Gasteiger partial charge on any atom is -0.385 e. The van der Waals surface area contributed by atoms with Crippen LogP contribution in [-0.4, -0.2) is 26.5 Å². The first-order valence-corrected chi connectivity index (χ1v) is 6.69. The highest BCUT2D eigenvalue weighted by molar-refractivity contribution is 7.99. The van der Waals surface area contributed by atoms with Crippen LogP contribution >= 0.6 is 23.4 Å². The largest absolute Gasteiger partial charge is 0.385 e. The molecule has 0 bridgehead atoms. The van der Waals surface area contributed by atoms with Crippen molar-refractivity contribution in [1.82, 2.24) is 5.32 Å². The van der Waals surface area contributed by atoms with Crippen LogP contribution in [0.5, 0.6) is 0 Å². The second-order valence-electron chi connectivity index (χ2n) is 3.48. The minimum atomic E-state index is 0.800. The van der Waals surface area contributed by atoms with E-state index in [1.54, 1.807) is 7.11 Å². The molecule has 0 amide bonds. The zero-order valence-corrected chi connectivity index (χ0v) is 11.3. The van der Waals surface area contributed by atoms with E-state index in [0.29, 0.717) is 0 Å². The third-order valence-electron chi connectivity index (χ3n) is 2.15. The quantitative estimate of drug-likeness (QED) is 0.600. The van der Waals surface area contributed by atoms with Gasteiger partial charge in [0.05, 0.1) is 0 Å². The molecule has 0 spiro atoms. The summed E-state index contributed by atoms with van der Waals surface area (Å²) in [5.74, 6) is 1.06. The summed E-state index contributed by atoms with van der Waals surface area (Å²) in [7, 11) is 3.68. The maximum absolute atomic E-state index is 6.00. The number of benzene rings is 1. The molecule has 0 fully saturated rings. The van der Waals surface area contributed by atoms with Crippen molar-refractivity contribution in [2.24, 2.45) is 0 Å². The van der Waals surface area contributed by atoms with Crippen molar-refractivity contribution >= 4 is 23.4 Å². The topological polar surface area (TPSA) is 21.3 Å². The van der Waals surface area contributed by atoms with E-state index < -0.39 is 0 Å². The lowest BCUT2D eigenvalue weighted by Gasteiger charge is -2.09. The maximum atomic E-state index is 6.00. The SMILES string of the molecule is CNCc1ccc(Cl)cc1SCCCOC. The van der Waals surface area contributed by atoms with Crippen LogP contribution in [0.3, 0.4) is 0 Å². The van der Waals surface area contributed by atoms with Gasteiger partial charge in [0.1, 0.15) is 0 Å². The third-order valence-corrected chi connectivity index (χ3v) is 3.57. The number of hydrogen-bond donors (Lipinski definition) is 1. The number of methoxy groups -OCH3 is 1. The number of hydrogen-bond acceptors (Lipinski definition) is 3. The lowest BCUT2D eigenvalue weighted by molar-refractivity contribution is 0.200. The normalized spacial score (nSPS) is 10.7. The average molecular weight is 260 g/mol. The Morgan fingerprint density at radius 2 is 2.25 bits per heavy atom. The Balaban J connectivity index is 2.57. The van der Waals surface area contributed by atoms with Gasteiger partial charge in [0, 0.05) is 35.9 Å². The summed E-state index contributed by atoms with van der Waals surface area (Å²) in [6.07, 6.45) is 1.06. The van der Waals surface area contributed by atoms with Gasteiger partial charge < -0.3 is 10.1 Å². The molecule has 4 heteroatoms. The van der Waals surface area contributed by atoms with E-state index >= 15 is 0 Å². The van der Waals surface area contributed by atoms with Crippen LogP contribution in [0.15, 0.2) is 23.1 Å². The second-order valence-corrected chi connectivity index (χ2v) is 5.05. The van der Waals surface area contributed by atoms with Gasteiger partial charge >= 0.3 is 0 Å². The molecule has 0 aliphatic heterocycles. The Hall–Kier alpha value is -0.220. The van der Waals surface area contributed by atoms with Crippen molar-refractivity contribution in [3.63, 3.8) is 0 Å². The molecular formula is C12H18ClNOS. The van der Waals surface area contributed by atoms with Crippen LogP contribution in [-0.2, 0) is 11.3 Å². The molecule has 1 aromatic rings. The van der Waals surface area contributed by atoms with Gasteiger partial charge in [-0.05, 0) is 31.2 Å². The number of ether oxygens (including phenoxy) is 1. The van der Waals surface area contributed by atoms with Crippen molar-refractivity contribution in [3.05, 3.63) is 28.8 Å². The highest BCUT2D eigenvalue weighted by Crippen LogP contribution is 2.26. The average Bonchev–Trinajstić information content (AvgIpc) is 2.28. The van der Waals surface area contributed by atoms with Gasteiger partial charge in [0.15, 0.2) is 0 Å². The fraction of sp³-hybridized carbons (Fsp3) is 0.500. The minimum absolute atomic E-state index is 0.800. The van der Waals surface area contributed by atoms with E-state index in [1.165, 1.54) is 10.5 Å². The lowest BCUT2D eigenvalue weighted by Crippen LogP contribution is -2.06. The van der Waals surface area contributed by atoms with Crippen molar-refractivity contribution in [3.8, 4) is 0 Å². The zero-order chi connectivity index (χ0) is 11.8. The monoisotopic (exact) mass is 259 g/mol. The molecule has 1 rings (SSSR count). The highest BCUT2D eigenvalue weighted by atomic mass is 35.5. The van der Waals surface area contributed by atoms with Gasteiger partial charge in [-0.15, -0.1) is 11.8 Å². The van der Waals surface area contributed by atoms with Gasteiger partial charge in [-0.2, -0.15) is 0 Å². The Morgan fingerprint density at radius 3 is 2.94 bits per heavy atom. The summed E-state index contributed by atoms with van der Waals surface area (Å²) in [4.78, 5) is 1.26. The van der Waals surface area contributed by atoms with Gasteiger partial charge in [0.25, 0.3) is 0 Å². The predicted octanol–water partition coefficient (Wildman–Crippen LogP) is 3.19. The molecular weight excluding hydrogens is 242 g/mol. The third kappa shape index (κ3) is 4.74. The number of rotatable bonds is 7. The molecule has 90 valence electrons. The number of halogens is 1. The van der Waals surface area contributed by atoms with E-state index in [2.05, 4.69) is 11.4 Å². The summed E-state index contributed by atoms with van der Waals surface area (Å²) in [5.41, 5.74) is 1.30. The Kier molecular flexibility index (Phi) is 6.88. The van der Waals surface area contributed by atoms with Gasteiger partial charge in [0.2, 0.25) is 0 Å². The standard InChI is InChI=1S/C12H18ClNOS/c1-14-9-10-4-5-11(13)8-12(10)16-7-3-6-15-2/h4-5,8,14H,3,6-7,9H2,1-2H3. The van der Waals surface area contributed by atoms with Gasteiger partial charge in [-0.1, -0.05) is 17.7 Å². The molecule has 0 saturated carbocycles. The fourth-order valence-corrected chi connectivity index (χ4v) is 2.64. The van der Waals surface area contributed by atoms with E-state index in [4.69, 9.17) is 16.3 Å². The van der Waals surface area contributed by atoms with Crippen LogP contribution in [0.25, 0.3) is 0 Å². The lowest BCUT2D eigenvalue weighted by atomic mass is 10.2. The Labute approximate surface area is 107 Å². The van der Waals surface area contributed by atoms with Gasteiger partial charge in [-0.3, -0.25) is 0 Å². The van der Waals surface area contributed by atoms with Gasteiger partial charge in [-0.25, -0.2) is 0 Å². The molecule has 0 aromatic heterocycles. The predicted molar refractivity (Wildman–Crippen MR) is 71.4 cm³/mol. The van der Waals surface area contributed by atoms with Crippen molar-refractivity contribution < 1.29 is 4.74 Å². The first-order valence-electron chi connectivity index (χ1n) is 5.32. The summed E-state index contributed by atoms with van der Waals surface area (Å²) in [6, 6.07) is 6.05. The molecule has 0 saturated heterocycles. The summed E-state index contributed by atoms with van der Waals surface area (Å²) >= 11 is 7.84. The van der Waals surface area contributed by atoms with E-state index in [0.717, 1.165) is 30.3 Å². The first kappa shape index (κ1) is 13.8. The maximum Gasteiger partial charge on any atom is 0.0470 e. The smallest absolute Gasteiger partial charge is 0.0470 e. The molecule has 0 aliphatic rings. The van der Waals surface area contributed by atoms with Crippen molar-refractivity contribution in [1.29, 1.82) is 0 Å². The zero-order valence-electron chi connectivity index (χ0n) is 9.75. The molecule has 0 atom stereocenters. The molecule has 16 heavy (non-hydrogen) atoms. The van der Waals surface area contributed by atoms with Crippen molar-refractivity contribution in [2.75, 3.05) is 26.5 Å². The highest BCUT2D eigenvalue weighted by Gasteiger charge is 2.03. The summed E-state index contributed by atoms with van der Waals surface area (Å²) in [5, 5.41) is 3.96. The van der Waals surface area contributed by atoms with Crippen LogP contribution in [0.2, 0.25) is 5.02 Å². The summed E-state index contributed by atoms with van der Waals surface area (Å²) in [6.45, 7) is 1.69. The van der Waals surface area contributed by atoms with Crippen LogP contribution in [0.1, 0.15) is 12.0 Å². The second kappa shape index (κ2) is 7.96. The molecule has 1 N–H and O–H groups in total. The molecule has 1 aromatic carbocycles. The van der Waals surface area contributed by atoms with E-state index in [9.17, 15) is 0 Å². The molecule has 2 nitrogen and oxygen atoms in total. The molecule has 0 aliphatic carbocycles. The fourth-order valence-electron chi connectivity index (χ4n) is 1.38. The Bertz CT molecular complexity index is 320. The van der Waals surface area contributed by atoms with Crippen LogP contribution in [0.4, 0.5) is 0 Å². The van der Waals surface area contributed by atoms with E-state index in [1.807, 2.05) is 30.9 Å². The van der Waals surface area contributed by atoms with Crippen LogP contribution < -0.4 is 5.32 Å². The summed E-state index contributed by atoms with van der Waals surface area (Å²) < 4.78 is 5.03. The van der Waals surface area contributed by atoms with Crippen molar-refractivity contribution in [2.45, 2.75) is 17.9 Å². The van der Waals surface area contributed by atoms with Crippen LogP contribution in [0, 0.1) is 0 Å². The molecule has 0 radical (unpaired) electrons.